The molecule has 1 aliphatic carbocycles. The number of amides is 4. The van der Waals surface area contributed by atoms with Crippen LogP contribution in [0, 0.1) is 11.3 Å². The Balaban J connectivity index is 2.21. The molecule has 2 aliphatic rings. The maximum atomic E-state index is 12.8. The molecule has 0 unspecified atom stereocenters. The second-order valence-electron chi connectivity index (χ2n) is 6.31. The van der Waals surface area contributed by atoms with Gasteiger partial charge in [-0.25, -0.2) is 4.79 Å². The van der Waals surface area contributed by atoms with Crippen LogP contribution in [0.25, 0.3) is 0 Å². The van der Waals surface area contributed by atoms with Crippen molar-refractivity contribution < 1.29 is 14.4 Å². The number of nitrogens with one attached hydrogen (secondary N) is 1. The first-order chi connectivity index (χ1) is 10.00. The van der Waals surface area contributed by atoms with Crippen LogP contribution in [0.3, 0.4) is 0 Å². The Bertz CT molecular complexity index is 435. The molecule has 0 bridgehead atoms. The van der Waals surface area contributed by atoms with Gasteiger partial charge in [0.1, 0.15) is 5.41 Å². The molecular formula is C16H26N2O3. The van der Waals surface area contributed by atoms with Crippen LogP contribution in [0.4, 0.5) is 4.79 Å². The van der Waals surface area contributed by atoms with Crippen molar-refractivity contribution >= 4 is 17.8 Å². The van der Waals surface area contributed by atoms with Crippen LogP contribution in [-0.4, -0.2) is 28.8 Å². The fraction of sp³-hybridized carbons (Fsp3) is 0.812. The molecule has 1 saturated carbocycles. The lowest BCUT2D eigenvalue weighted by atomic mass is 9.77. The fourth-order valence-corrected chi connectivity index (χ4v) is 3.71. The van der Waals surface area contributed by atoms with Gasteiger partial charge in [-0.2, -0.15) is 0 Å². The standard InChI is InChI=1S/C16H26N2O3/c1-4-11-7-9-12(10-8-11)18-14(20)16(5-2,6-3)13(19)17-15(18)21/h11-12H,4-10H2,1-3H3,(H,17,19,21). The Morgan fingerprint density at radius 3 is 2.10 bits per heavy atom. The molecule has 1 saturated heterocycles. The maximum Gasteiger partial charge on any atom is 0.331 e. The van der Waals surface area contributed by atoms with Gasteiger partial charge in [0.15, 0.2) is 0 Å². The summed E-state index contributed by atoms with van der Waals surface area (Å²) in [6, 6.07) is -0.576. The quantitative estimate of drug-likeness (QED) is 0.811. The second kappa shape index (κ2) is 6.16. The highest BCUT2D eigenvalue weighted by atomic mass is 16.2. The third-order valence-electron chi connectivity index (χ3n) is 5.47. The number of urea groups is 1. The molecule has 0 aromatic carbocycles. The van der Waals surface area contributed by atoms with E-state index in [4.69, 9.17) is 0 Å². The number of rotatable bonds is 4. The van der Waals surface area contributed by atoms with E-state index in [9.17, 15) is 14.4 Å². The normalized spacial score (nSPS) is 29.5. The summed E-state index contributed by atoms with van der Waals surface area (Å²) in [6.45, 7) is 5.85. The number of nitrogens with zero attached hydrogens (tertiary/aromatic N) is 1. The van der Waals surface area contributed by atoms with E-state index in [1.165, 1.54) is 4.90 Å². The largest absolute Gasteiger partial charge is 0.331 e. The first-order valence-electron chi connectivity index (χ1n) is 8.19. The van der Waals surface area contributed by atoms with Gasteiger partial charge in [-0.15, -0.1) is 0 Å². The summed E-state index contributed by atoms with van der Waals surface area (Å²) in [6.07, 6.45) is 5.84. The van der Waals surface area contributed by atoms with Gasteiger partial charge in [-0.05, 0) is 44.4 Å². The summed E-state index contributed by atoms with van der Waals surface area (Å²) < 4.78 is 0. The maximum absolute atomic E-state index is 12.8. The minimum atomic E-state index is -1.06. The van der Waals surface area contributed by atoms with Crippen LogP contribution in [0.1, 0.15) is 65.7 Å². The van der Waals surface area contributed by atoms with Crippen LogP contribution < -0.4 is 5.32 Å². The summed E-state index contributed by atoms with van der Waals surface area (Å²) in [4.78, 5) is 38.5. The van der Waals surface area contributed by atoms with Crippen LogP contribution in [-0.2, 0) is 9.59 Å². The summed E-state index contributed by atoms with van der Waals surface area (Å²) in [5.41, 5.74) is -1.06. The molecule has 0 atom stereocenters. The summed E-state index contributed by atoms with van der Waals surface area (Å²) in [7, 11) is 0. The molecule has 0 radical (unpaired) electrons. The minimum absolute atomic E-state index is 0.0501. The molecule has 5 nitrogen and oxygen atoms in total. The topological polar surface area (TPSA) is 66.5 Å². The Morgan fingerprint density at radius 1 is 1.05 bits per heavy atom. The number of imide groups is 2. The molecule has 1 aliphatic heterocycles. The van der Waals surface area contributed by atoms with E-state index in [0.29, 0.717) is 18.8 Å². The minimum Gasteiger partial charge on any atom is -0.277 e. The predicted molar refractivity (Wildman–Crippen MR) is 79.4 cm³/mol. The van der Waals surface area contributed by atoms with E-state index >= 15 is 0 Å². The van der Waals surface area contributed by atoms with Gasteiger partial charge < -0.3 is 0 Å². The van der Waals surface area contributed by atoms with Gasteiger partial charge in [0.05, 0.1) is 0 Å². The SMILES string of the molecule is CCC1CCC(N2C(=O)NC(=O)C(CC)(CC)C2=O)CC1. The Hall–Kier alpha value is -1.39. The van der Waals surface area contributed by atoms with Crippen LogP contribution in [0.2, 0.25) is 0 Å². The second-order valence-corrected chi connectivity index (χ2v) is 6.31. The van der Waals surface area contributed by atoms with E-state index in [2.05, 4.69) is 12.2 Å². The van der Waals surface area contributed by atoms with Crippen molar-refractivity contribution in [3.05, 3.63) is 0 Å². The molecule has 0 spiro atoms. The lowest BCUT2D eigenvalue weighted by Gasteiger charge is -2.43. The van der Waals surface area contributed by atoms with Gasteiger partial charge in [-0.1, -0.05) is 27.2 Å². The van der Waals surface area contributed by atoms with Gasteiger partial charge in [-0.3, -0.25) is 19.8 Å². The molecule has 0 aromatic heterocycles. The molecule has 118 valence electrons. The van der Waals surface area contributed by atoms with E-state index in [0.717, 1.165) is 32.1 Å². The van der Waals surface area contributed by atoms with E-state index in [1.54, 1.807) is 0 Å². The van der Waals surface area contributed by atoms with E-state index in [1.807, 2.05) is 13.8 Å². The molecule has 0 aromatic rings. The van der Waals surface area contributed by atoms with E-state index in [-0.39, 0.29) is 11.9 Å². The van der Waals surface area contributed by atoms with Crippen LogP contribution >= 0.6 is 0 Å². The molecule has 1 heterocycles. The van der Waals surface area contributed by atoms with Crippen molar-refractivity contribution in [2.75, 3.05) is 0 Å². The molecular weight excluding hydrogens is 268 g/mol. The van der Waals surface area contributed by atoms with Gasteiger partial charge in [0.25, 0.3) is 0 Å². The molecule has 5 heteroatoms. The van der Waals surface area contributed by atoms with Crippen molar-refractivity contribution in [1.82, 2.24) is 10.2 Å². The number of hydrogen-bond donors (Lipinski definition) is 1. The zero-order chi connectivity index (χ0) is 15.6. The average molecular weight is 294 g/mol. The lowest BCUT2D eigenvalue weighted by Crippen LogP contribution is -2.66. The smallest absolute Gasteiger partial charge is 0.277 e. The molecule has 4 amide bonds. The van der Waals surface area contributed by atoms with Gasteiger partial charge >= 0.3 is 6.03 Å². The zero-order valence-corrected chi connectivity index (χ0v) is 13.3. The zero-order valence-electron chi connectivity index (χ0n) is 13.3. The Labute approximate surface area is 126 Å². The average Bonchev–Trinajstić information content (AvgIpc) is 2.49. The molecule has 2 fully saturated rings. The number of hydrogen-bond acceptors (Lipinski definition) is 3. The van der Waals surface area contributed by atoms with Crippen molar-refractivity contribution in [2.45, 2.75) is 71.8 Å². The predicted octanol–water partition coefficient (Wildman–Crippen LogP) is 2.84. The fourth-order valence-electron chi connectivity index (χ4n) is 3.71. The van der Waals surface area contributed by atoms with Gasteiger partial charge in [0.2, 0.25) is 11.8 Å². The Kier molecular flexibility index (Phi) is 4.69. The third kappa shape index (κ3) is 2.58. The Morgan fingerprint density at radius 2 is 1.62 bits per heavy atom. The van der Waals surface area contributed by atoms with Crippen LogP contribution in [0.15, 0.2) is 0 Å². The highest BCUT2D eigenvalue weighted by Gasteiger charge is 2.53. The first-order valence-corrected chi connectivity index (χ1v) is 8.19. The highest BCUT2D eigenvalue weighted by Crippen LogP contribution is 2.37. The van der Waals surface area contributed by atoms with Crippen molar-refractivity contribution in [1.29, 1.82) is 0 Å². The van der Waals surface area contributed by atoms with E-state index < -0.39 is 17.4 Å². The molecule has 2 rings (SSSR count). The lowest BCUT2D eigenvalue weighted by molar-refractivity contribution is -0.154. The number of carbonyl (C=O) groups excluding carboxylic acids is 3. The van der Waals surface area contributed by atoms with Crippen molar-refractivity contribution in [3.63, 3.8) is 0 Å². The monoisotopic (exact) mass is 294 g/mol. The molecule has 21 heavy (non-hydrogen) atoms. The van der Waals surface area contributed by atoms with Crippen molar-refractivity contribution in [2.24, 2.45) is 11.3 Å². The number of carbonyl (C=O) groups is 3. The third-order valence-corrected chi connectivity index (χ3v) is 5.47. The summed E-state index contributed by atoms with van der Waals surface area (Å²) in [5.74, 6) is -0.0184. The van der Waals surface area contributed by atoms with Crippen molar-refractivity contribution in [3.8, 4) is 0 Å². The van der Waals surface area contributed by atoms with Crippen LogP contribution in [0.5, 0.6) is 0 Å². The summed E-state index contributed by atoms with van der Waals surface area (Å²) in [5, 5.41) is 2.40. The molecule has 1 N–H and O–H groups in total. The summed E-state index contributed by atoms with van der Waals surface area (Å²) >= 11 is 0. The first kappa shape index (κ1) is 16.0. The van der Waals surface area contributed by atoms with Gasteiger partial charge in [0, 0.05) is 6.04 Å². The highest BCUT2D eigenvalue weighted by molar-refractivity contribution is 6.19. The number of barbiturate groups is 1.